The van der Waals surface area contributed by atoms with Crippen LogP contribution in [0.5, 0.6) is 0 Å². The molecule has 2 heteroatoms. The molecule has 0 amide bonds. The Labute approximate surface area is 123 Å². The monoisotopic (exact) mass is 272 g/mol. The van der Waals surface area contributed by atoms with Crippen LogP contribution in [0.2, 0.25) is 0 Å². The van der Waals surface area contributed by atoms with Gasteiger partial charge in [-0.05, 0) is 55.8 Å². The third-order valence-electron chi connectivity index (χ3n) is 5.34. The molecule has 2 aliphatic rings. The quantitative estimate of drug-likeness (QED) is 0.909. The third-order valence-corrected chi connectivity index (χ3v) is 5.34. The van der Waals surface area contributed by atoms with Crippen molar-refractivity contribution in [3.63, 3.8) is 0 Å². The highest BCUT2D eigenvalue weighted by atomic mass is 15.2. The molecule has 1 saturated heterocycles. The highest BCUT2D eigenvalue weighted by Gasteiger charge is 2.30. The lowest BCUT2D eigenvalue weighted by atomic mass is 9.83. The molecule has 2 fully saturated rings. The van der Waals surface area contributed by atoms with Gasteiger partial charge in [0.25, 0.3) is 0 Å². The van der Waals surface area contributed by atoms with E-state index >= 15 is 0 Å². The lowest BCUT2D eigenvalue weighted by Crippen LogP contribution is -2.20. The average molecular weight is 272 g/mol. The molecule has 1 aromatic carbocycles. The van der Waals surface area contributed by atoms with Crippen LogP contribution in [0.25, 0.3) is 0 Å². The fourth-order valence-electron chi connectivity index (χ4n) is 4.12. The molecule has 2 N–H and O–H groups in total. The Bertz CT molecular complexity index is 437. The predicted molar refractivity (Wildman–Crippen MR) is 84.8 cm³/mol. The van der Waals surface area contributed by atoms with Crippen LogP contribution in [0.3, 0.4) is 0 Å². The zero-order chi connectivity index (χ0) is 13.9. The molecule has 0 spiro atoms. The second-order valence-electron chi connectivity index (χ2n) is 6.80. The van der Waals surface area contributed by atoms with Gasteiger partial charge < -0.3 is 5.73 Å². The summed E-state index contributed by atoms with van der Waals surface area (Å²) in [7, 11) is 2.24. The Kier molecular flexibility index (Phi) is 4.42. The normalized spacial score (nSPS) is 28.9. The first-order valence-corrected chi connectivity index (χ1v) is 8.28. The van der Waals surface area contributed by atoms with Gasteiger partial charge >= 0.3 is 0 Å². The van der Waals surface area contributed by atoms with E-state index < -0.39 is 0 Å². The fraction of sp³-hybridized carbons (Fsp3) is 0.667. The molecule has 2 unspecified atom stereocenters. The molecular formula is C18H28N2. The van der Waals surface area contributed by atoms with Crippen molar-refractivity contribution in [2.45, 2.75) is 50.5 Å². The largest absolute Gasteiger partial charge is 0.330 e. The third kappa shape index (κ3) is 2.91. The SMILES string of the molecule is CN1CC(CN)CC1c1cccc(C2CCCCC2)c1. The van der Waals surface area contributed by atoms with E-state index in [9.17, 15) is 0 Å². The summed E-state index contributed by atoms with van der Waals surface area (Å²) >= 11 is 0. The van der Waals surface area contributed by atoms with E-state index in [4.69, 9.17) is 5.73 Å². The van der Waals surface area contributed by atoms with Gasteiger partial charge in [0, 0.05) is 12.6 Å². The second-order valence-corrected chi connectivity index (χ2v) is 6.80. The highest BCUT2D eigenvalue weighted by molar-refractivity contribution is 5.29. The van der Waals surface area contributed by atoms with Crippen molar-refractivity contribution in [1.29, 1.82) is 0 Å². The second kappa shape index (κ2) is 6.28. The molecule has 3 rings (SSSR count). The fourth-order valence-corrected chi connectivity index (χ4v) is 4.12. The van der Waals surface area contributed by atoms with Gasteiger partial charge in [-0.25, -0.2) is 0 Å². The van der Waals surface area contributed by atoms with E-state index in [1.54, 1.807) is 5.56 Å². The van der Waals surface area contributed by atoms with E-state index in [0.29, 0.717) is 12.0 Å². The molecule has 20 heavy (non-hydrogen) atoms. The number of hydrogen-bond donors (Lipinski definition) is 1. The summed E-state index contributed by atoms with van der Waals surface area (Å²) in [5, 5.41) is 0. The zero-order valence-electron chi connectivity index (χ0n) is 12.7. The minimum Gasteiger partial charge on any atom is -0.330 e. The number of hydrogen-bond acceptors (Lipinski definition) is 2. The molecule has 2 nitrogen and oxygen atoms in total. The van der Waals surface area contributed by atoms with Crippen molar-refractivity contribution in [2.75, 3.05) is 20.1 Å². The predicted octanol–water partition coefficient (Wildman–Crippen LogP) is 3.69. The summed E-state index contributed by atoms with van der Waals surface area (Å²) in [6.45, 7) is 1.97. The van der Waals surface area contributed by atoms with Gasteiger partial charge in [-0.2, -0.15) is 0 Å². The molecule has 2 atom stereocenters. The van der Waals surface area contributed by atoms with E-state index in [1.165, 1.54) is 44.1 Å². The molecule has 0 radical (unpaired) electrons. The first-order chi connectivity index (χ1) is 9.78. The Morgan fingerprint density at radius 1 is 1.15 bits per heavy atom. The maximum Gasteiger partial charge on any atom is 0.0348 e. The molecule has 1 aromatic rings. The van der Waals surface area contributed by atoms with Crippen LogP contribution in [0.4, 0.5) is 0 Å². The Morgan fingerprint density at radius 2 is 1.90 bits per heavy atom. The number of benzene rings is 1. The molecule has 1 saturated carbocycles. The van der Waals surface area contributed by atoms with Crippen molar-refractivity contribution in [3.8, 4) is 0 Å². The maximum absolute atomic E-state index is 5.86. The van der Waals surface area contributed by atoms with Crippen LogP contribution in [0, 0.1) is 5.92 Å². The molecular weight excluding hydrogens is 244 g/mol. The van der Waals surface area contributed by atoms with Crippen LogP contribution < -0.4 is 5.73 Å². The van der Waals surface area contributed by atoms with Crippen LogP contribution in [0.1, 0.15) is 61.6 Å². The lowest BCUT2D eigenvalue weighted by Gasteiger charge is -2.25. The first kappa shape index (κ1) is 14.1. The van der Waals surface area contributed by atoms with Crippen molar-refractivity contribution in [3.05, 3.63) is 35.4 Å². The molecule has 110 valence electrons. The standard InChI is InChI=1S/C18H28N2/c1-20-13-14(12-19)10-18(20)17-9-5-8-16(11-17)15-6-3-2-4-7-15/h5,8-9,11,14-15,18H,2-4,6-7,10,12-13,19H2,1H3. The van der Waals surface area contributed by atoms with Crippen molar-refractivity contribution in [2.24, 2.45) is 11.7 Å². The number of nitrogens with zero attached hydrogens (tertiary/aromatic N) is 1. The van der Waals surface area contributed by atoms with Crippen LogP contribution in [0.15, 0.2) is 24.3 Å². The summed E-state index contributed by atoms with van der Waals surface area (Å²) in [6, 6.07) is 9.98. The van der Waals surface area contributed by atoms with Crippen molar-refractivity contribution >= 4 is 0 Å². The van der Waals surface area contributed by atoms with Gasteiger partial charge in [0.1, 0.15) is 0 Å². The lowest BCUT2D eigenvalue weighted by molar-refractivity contribution is 0.313. The minimum absolute atomic E-state index is 0.576. The van der Waals surface area contributed by atoms with Gasteiger partial charge in [0.2, 0.25) is 0 Å². The van der Waals surface area contributed by atoms with Gasteiger partial charge in [0.15, 0.2) is 0 Å². The molecule has 1 aliphatic heterocycles. The van der Waals surface area contributed by atoms with Gasteiger partial charge in [0.05, 0.1) is 0 Å². The zero-order valence-corrected chi connectivity index (χ0v) is 12.7. The average Bonchev–Trinajstić information content (AvgIpc) is 2.89. The van der Waals surface area contributed by atoms with Gasteiger partial charge in [-0.1, -0.05) is 43.5 Å². The summed E-state index contributed by atoms with van der Waals surface area (Å²) < 4.78 is 0. The maximum atomic E-state index is 5.86. The summed E-state index contributed by atoms with van der Waals surface area (Å²) in [5.74, 6) is 1.48. The van der Waals surface area contributed by atoms with Gasteiger partial charge in [-0.3, -0.25) is 4.90 Å². The first-order valence-electron chi connectivity index (χ1n) is 8.28. The van der Waals surface area contributed by atoms with Crippen LogP contribution in [-0.2, 0) is 0 Å². The molecule has 0 bridgehead atoms. The van der Waals surface area contributed by atoms with E-state index in [1.807, 2.05) is 0 Å². The van der Waals surface area contributed by atoms with Crippen LogP contribution >= 0.6 is 0 Å². The summed E-state index contributed by atoms with van der Waals surface area (Å²) in [6.07, 6.45) is 8.24. The topological polar surface area (TPSA) is 29.3 Å². The summed E-state index contributed by atoms with van der Waals surface area (Å²) in [4.78, 5) is 2.48. The van der Waals surface area contributed by atoms with E-state index in [0.717, 1.165) is 19.0 Å². The van der Waals surface area contributed by atoms with E-state index in [-0.39, 0.29) is 0 Å². The Hall–Kier alpha value is -0.860. The Balaban J connectivity index is 1.77. The van der Waals surface area contributed by atoms with E-state index in [2.05, 4.69) is 36.2 Å². The number of rotatable bonds is 3. The summed E-state index contributed by atoms with van der Waals surface area (Å²) in [5.41, 5.74) is 8.94. The number of likely N-dealkylation sites (tertiary alicyclic amines) is 1. The highest BCUT2D eigenvalue weighted by Crippen LogP contribution is 2.37. The van der Waals surface area contributed by atoms with Crippen molar-refractivity contribution < 1.29 is 0 Å². The smallest absolute Gasteiger partial charge is 0.0348 e. The van der Waals surface area contributed by atoms with Gasteiger partial charge in [-0.15, -0.1) is 0 Å². The number of nitrogens with two attached hydrogens (primary N) is 1. The Morgan fingerprint density at radius 3 is 2.60 bits per heavy atom. The van der Waals surface area contributed by atoms with Crippen molar-refractivity contribution in [1.82, 2.24) is 4.90 Å². The minimum atomic E-state index is 0.576. The molecule has 0 aromatic heterocycles. The van der Waals surface area contributed by atoms with Crippen LogP contribution in [-0.4, -0.2) is 25.0 Å². The molecule has 1 aliphatic carbocycles. The molecule has 1 heterocycles.